The molecule has 1 atom stereocenters. The number of β-amino-alcohol motifs (C(OH)–C–C–N with tert-alkyl or cyclic N) is 1. The molecule has 3 heterocycles. The lowest BCUT2D eigenvalue weighted by atomic mass is 10.3. The standard InChI is InChI=1S/C16H15N3O4S/c1-23-10-2-3-12-13(6-10)24-16-17-7-11(15(22)19(12)16)14(21)18-5-4-9(20)8-18/h2-3,6-7,9,20H,4-5,8H2,1H3. The maximum Gasteiger partial charge on any atom is 0.271 e. The van der Waals surface area contributed by atoms with Crippen LogP contribution in [-0.2, 0) is 0 Å². The average Bonchev–Trinajstić information content (AvgIpc) is 3.17. The van der Waals surface area contributed by atoms with Gasteiger partial charge in [0.1, 0.15) is 11.3 Å². The van der Waals surface area contributed by atoms with Crippen molar-refractivity contribution in [1.29, 1.82) is 0 Å². The number of rotatable bonds is 2. The molecule has 2 aromatic heterocycles. The number of amides is 1. The number of aliphatic hydroxyl groups excluding tert-OH is 1. The zero-order chi connectivity index (χ0) is 16.8. The lowest BCUT2D eigenvalue weighted by molar-refractivity contribution is 0.0762. The number of methoxy groups -OCH3 is 1. The molecule has 3 aromatic rings. The number of aliphatic hydroxyl groups is 1. The van der Waals surface area contributed by atoms with Crippen LogP contribution in [0.15, 0.2) is 29.2 Å². The smallest absolute Gasteiger partial charge is 0.271 e. The molecule has 1 aromatic carbocycles. The van der Waals surface area contributed by atoms with Gasteiger partial charge in [-0.25, -0.2) is 4.98 Å². The van der Waals surface area contributed by atoms with Gasteiger partial charge < -0.3 is 14.7 Å². The molecule has 1 unspecified atom stereocenters. The third-order valence-corrected chi connectivity index (χ3v) is 5.24. The summed E-state index contributed by atoms with van der Waals surface area (Å²) in [5.41, 5.74) is 0.337. The average molecular weight is 345 g/mol. The zero-order valence-corrected chi connectivity index (χ0v) is 13.7. The van der Waals surface area contributed by atoms with Crippen LogP contribution in [0.4, 0.5) is 0 Å². The van der Waals surface area contributed by atoms with Crippen molar-refractivity contribution in [2.24, 2.45) is 0 Å². The normalized spacial score (nSPS) is 17.8. The van der Waals surface area contributed by atoms with Crippen LogP contribution in [0.5, 0.6) is 5.75 Å². The molecule has 7 nitrogen and oxygen atoms in total. The van der Waals surface area contributed by atoms with Gasteiger partial charge in [-0.3, -0.25) is 14.0 Å². The van der Waals surface area contributed by atoms with Gasteiger partial charge in [0.25, 0.3) is 11.5 Å². The summed E-state index contributed by atoms with van der Waals surface area (Å²) >= 11 is 1.37. The fourth-order valence-corrected chi connectivity index (χ4v) is 3.97. The number of aromatic nitrogens is 2. The van der Waals surface area contributed by atoms with Crippen LogP contribution in [0.25, 0.3) is 15.2 Å². The van der Waals surface area contributed by atoms with E-state index in [1.807, 2.05) is 6.07 Å². The summed E-state index contributed by atoms with van der Waals surface area (Å²) in [6.45, 7) is 0.701. The van der Waals surface area contributed by atoms with Crippen LogP contribution in [0.1, 0.15) is 16.8 Å². The number of thiazole rings is 1. The van der Waals surface area contributed by atoms with Crippen molar-refractivity contribution >= 4 is 32.4 Å². The number of carbonyl (C=O) groups excluding carboxylic acids is 1. The molecule has 0 bridgehead atoms. The molecule has 0 spiro atoms. The lowest BCUT2D eigenvalue weighted by Gasteiger charge is -2.14. The van der Waals surface area contributed by atoms with Crippen LogP contribution < -0.4 is 10.3 Å². The molecule has 1 aliphatic rings. The monoisotopic (exact) mass is 345 g/mol. The van der Waals surface area contributed by atoms with Crippen molar-refractivity contribution < 1.29 is 14.6 Å². The SMILES string of the molecule is COc1ccc2c(c1)sc1ncc(C(=O)N3CCC(O)C3)c(=O)n12. The van der Waals surface area contributed by atoms with Gasteiger partial charge in [0.2, 0.25) is 0 Å². The number of fused-ring (bicyclic) bond motifs is 3. The van der Waals surface area contributed by atoms with Crippen LogP contribution >= 0.6 is 11.3 Å². The number of carbonyl (C=O) groups is 1. The van der Waals surface area contributed by atoms with Crippen LogP contribution in [-0.4, -0.2) is 51.6 Å². The first-order valence-electron chi connectivity index (χ1n) is 7.54. The van der Waals surface area contributed by atoms with Gasteiger partial charge in [-0.1, -0.05) is 11.3 Å². The van der Waals surface area contributed by atoms with Crippen molar-refractivity contribution in [3.63, 3.8) is 0 Å². The second-order valence-electron chi connectivity index (χ2n) is 5.72. The second-order valence-corrected chi connectivity index (χ2v) is 6.73. The molecule has 0 saturated carbocycles. The number of nitrogens with zero attached hydrogens (tertiary/aromatic N) is 3. The van der Waals surface area contributed by atoms with Crippen molar-refractivity contribution in [1.82, 2.24) is 14.3 Å². The fourth-order valence-electron chi connectivity index (χ4n) is 2.95. The summed E-state index contributed by atoms with van der Waals surface area (Å²) in [4.78, 5) is 31.7. The zero-order valence-electron chi connectivity index (χ0n) is 12.9. The third kappa shape index (κ3) is 2.26. The van der Waals surface area contributed by atoms with Gasteiger partial charge in [-0.2, -0.15) is 0 Å². The fraction of sp³-hybridized carbons (Fsp3) is 0.312. The number of hydrogen-bond donors (Lipinski definition) is 1. The molecule has 1 fully saturated rings. The van der Waals surface area contributed by atoms with Crippen LogP contribution in [0.3, 0.4) is 0 Å². The predicted molar refractivity (Wildman–Crippen MR) is 89.9 cm³/mol. The predicted octanol–water partition coefficient (Wildman–Crippen LogP) is 1.12. The van der Waals surface area contributed by atoms with Crippen LogP contribution in [0, 0.1) is 0 Å². The highest BCUT2D eigenvalue weighted by atomic mass is 32.1. The number of benzene rings is 1. The van der Waals surface area contributed by atoms with E-state index in [1.54, 1.807) is 19.2 Å². The van der Waals surface area contributed by atoms with Gasteiger partial charge in [0, 0.05) is 19.3 Å². The Hall–Kier alpha value is -2.45. The quantitative estimate of drug-likeness (QED) is 0.752. The first-order chi connectivity index (χ1) is 11.6. The molecule has 0 aliphatic carbocycles. The summed E-state index contributed by atoms with van der Waals surface area (Å²) in [5.74, 6) is 0.316. The van der Waals surface area contributed by atoms with Gasteiger partial charge in [0.05, 0.1) is 23.4 Å². The maximum atomic E-state index is 12.8. The summed E-state index contributed by atoms with van der Waals surface area (Å²) in [7, 11) is 1.58. The number of hydrogen-bond acceptors (Lipinski definition) is 6. The van der Waals surface area contributed by atoms with E-state index in [0.717, 1.165) is 4.70 Å². The maximum absolute atomic E-state index is 12.8. The van der Waals surface area contributed by atoms with E-state index >= 15 is 0 Å². The summed E-state index contributed by atoms with van der Waals surface area (Å²) in [5, 5.41) is 9.59. The molecule has 24 heavy (non-hydrogen) atoms. The Morgan fingerprint density at radius 1 is 1.46 bits per heavy atom. The van der Waals surface area contributed by atoms with E-state index in [1.165, 1.54) is 26.8 Å². The Bertz CT molecular complexity index is 1010. The molecule has 1 amide bonds. The van der Waals surface area contributed by atoms with Crippen molar-refractivity contribution in [3.05, 3.63) is 40.3 Å². The Labute approximate surface area is 140 Å². The molecule has 0 radical (unpaired) electrons. The number of ether oxygens (including phenoxy) is 1. The minimum atomic E-state index is -0.525. The minimum Gasteiger partial charge on any atom is -0.497 e. The topological polar surface area (TPSA) is 84.1 Å². The van der Waals surface area contributed by atoms with E-state index in [4.69, 9.17) is 4.74 Å². The van der Waals surface area contributed by atoms with E-state index in [9.17, 15) is 14.7 Å². The minimum absolute atomic E-state index is 0.0251. The van der Waals surface area contributed by atoms with Gasteiger partial charge >= 0.3 is 0 Å². The molecule has 1 saturated heterocycles. The Kier molecular flexibility index (Phi) is 3.50. The van der Waals surface area contributed by atoms with Gasteiger partial charge in [-0.15, -0.1) is 0 Å². The molecular formula is C16H15N3O4S. The number of likely N-dealkylation sites (tertiary alicyclic amines) is 1. The molecular weight excluding hydrogens is 330 g/mol. The van der Waals surface area contributed by atoms with Crippen molar-refractivity contribution in [2.75, 3.05) is 20.2 Å². The van der Waals surface area contributed by atoms with Crippen molar-refractivity contribution in [2.45, 2.75) is 12.5 Å². The highest BCUT2D eigenvalue weighted by Crippen LogP contribution is 2.27. The van der Waals surface area contributed by atoms with Crippen molar-refractivity contribution in [3.8, 4) is 5.75 Å². The first-order valence-corrected chi connectivity index (χ1v) is 8.36. The summed E-state index contributed by atoms with van der Waals surface area (Å²) < 4.78 is 7.52. The molecule has 1 aliphatic heterocycles. The Balaban J connectivity index is 1.86. The lowest BCUT2D eigenvalue weighted by Crippen LogP contribution is -2.34. The summed E-state index contributed by atoms with van der Waals surface area (Å²) in [6.07, 6.45) is 1.34. The van der Waals surface area contributed by atoms with Crippen LogP contribution in [0.2, 0.25) is 0 Å². The molecule has 1 N–H and O–H groups in total. The Morgan fingerprint density at radius 3 is 3.00 bits per heavy atom. The Morgan fingerprint density at radius 2 is 2.29 bits per heavy atom. The molecule has 4 rings (SSSR count). The molecule has 124 valence electrons. The first kappa shape index (κ1) is 15.1. The van der Waals surface area contributed by atoms with Gasteiger partial charge in [0.15, 0.2) is 4.96 Å². The molecule has 8 heteroatoms. The van der Waals surface area contributed by atoms with E-state index in [2.05, 4.69) is 4.98 Å². The highest BCUT2D eigenvalue weighted by Gasteiger charge is 2.28. The van der Waals surface area contributed by atoms with E-state index in [-0.39, 0.29) is 23.6 Å². The second kappa shape index (κ2) is 5.57. The third-order valence-electron chi connectivity index (χ3n) is 4.22. The van der Waals surface area contributed by atoms with E-state index < -0.39 is 6.10 Å². The van der Waals surface area contributed by atoms with Gasteiger partial charge in [-0.05, 0) is 24.6 Å². The highest BCUT2D eigenvalue weighted by molar-refractivity contribution is 7.23. The largest absolute Gasteiger partial charge is 0.497 e. The van der Waals surface area contributed by atoms with E-state index in [0.29, 0.717) is 29.2 Å². The summed E-state index contributed by atoms with van der Waals surface area (Å²) in [6, 6.07) is 5.40.